The summed E-state index contributed by atoms with van der Waals surface area (Å²) in [7, 11) is 1.70. The Labute approximate surface area is 150 Å². The van der Waals surface area contributed by atoms with E-state index in [0.717, 1.165) is 22.9 Å². The Morgan fingerprint density at radius 1 is 1.38 bits per heavy atom. The zero-order valence-corrected chi connectivity index (χ0v) is 14.6. The molecular weight excluding hydrogens is 334 g/mol. The van der Waals surface area contributed by atoms with Gasteiger partial charge in [-0.05, 0) is 17.7 Å². The van der Waals surface area contributed by atoms with Crippen LogP contribution in [0.3, 0.4) is 0 Å². The number of aromatic nitrogens is 4. The van der Waals surface area contributed by atoms with Crippen molar-refractivity contribution in [2.45, 2.75) is 18.9 Å². The van der Waals surface area contributed by atoms with Crippen molar-refractivity contribution in [3.8, 4) is 5.82 Å². The molecule has 8 nitrogen and oxygen atoms in total. The van der Waals surface area contributed by atoms with Gasteiger partial charge < -0.3 is 14.8 Å². The number of carbonyl (C=O) groups is 1. The van der Waals surface area contributed by atoms with E-state index in [-0.39, 0.29) is 5.91 Å². The molecule has 4 heterocycles. The molecule has 0 radical (unpaired) electrons. The van der Waals surface area contributed by atoms with Crippen LogP contribution in [-0.2, 0) is 19.9 Å². The Hall–Kier alpha value is -2.84. The normalized spacial score (nSPS) is 19.8. The Morgan fingerprint density at radius 2 is 2.27 bits per heavy atom. The van der Waals surface area contributed by atoms with Gasteiger partial charge in [-0.3, -0.25) is 4.79 Å². The molecule has 3 aromatic heterocycles. The number of nitrogens with one attached hydrogen (secondary N) is 1. The van der Waals surface area contributed by atoms with Crippen LogP contribution >= 0.6 is 0 Å². The summed E-state index contributed by atoms with van der Waals surface area (Å²) >= 11 is 0. The first-order chi connectivity index (χ1) is 12.6. The molecule has 0 aromatic carbocycles. The number of ether oxygens (including phenoxy) is 2. The second-order valence-electron chi connectivity index (χ2n) is 6.29. The fraction of sp³-hybridized carbons (Fsp3) is 0.333. The molecule has 1 fully saturated rings. The van der Waals surface area contributed by atoms with E-state index in [2.05, 4.69) is 20.4 Å². The van der Waals surface area contributed by atoms with E-state index in [1.807, 2.05) is 18.3 Å². The summed E-state index contributed by atoms with van der Waals surface area (Å²) in [6, 6.07) is 5.64. The van der Waals surface area contributed by atoms with Gasteiger partial charge in [0.25, 0.3) is 0 Å². The van der Waals surface area contributed by atoms with E-state index in [4.69, 9.17) is 9.47 Å². The van der Waals surface area contributed by atoms with Gasteiger partial charge in [0.1, 0.15) is 11.4 Å². The van der Waals surface area contributed by atoms with Crippen LogP contribution in [0.4, 0.5) is 5.82 Å². The highest BCUT2D eigenvalue weighted by Gasteiger charge is 2.37. The van der Waals surface area contributed by atoms with Crippen molar-refractivity contribution in [1.29, 1.82) is 0 Å². The second kappa shape index (κ2) is 6.47. The largest absolute Gasteiger partial charge is 0.378 e. The highest BCUT2D eigenvalue weighted by molar-refractivity contribution is 5.90. The predicted octanol–water partition coefficient (Wildman–Crippen LogP) is 2.04. The second-order valence-corrected chi connectivity index (χ2v) is 6.29. The molecule has 1 amide bonds. The summed E-state index contributed by atoms with van der Waals surface area (Å²) in [6.45, 7) is 2.64. The molecule has 1 aliphatic heterocycles. The van der Waals surface area contributed by atoms with Crippen molar-refractivity contribution in [3.63, 3.8) is 0 Å². The first-order valence-corrected chi connectivity index (χ1v) is 8.32. The number of hydrogen-bond donors (Lipinski definition) is 1. The van der Waals surface area contributed by atoms with Gasteiger partial charge >= 0.3 is 0 Å². The number of anilines is 1. The van der Waals surface area contributed by atoms with Crippen LogP contribution in [-0.4, -0.2) is 46.0 Å². The number of methoxy groups -OCH3 is 1. The van der Waals surface area contributed by atoms with Gasteiger partial charge in [0.15, 0.2) is 5.82 Å². The molecule has 1 aliphatic rings. The van der Waals surface area contributed by atoms with Crippen LogP contribution in [0.2, 0.25) is 0 Å². The van der Waals surface area contributed by atoms with Crippen LogP contribution < -0.4 is 5.32 Å². The molecular formula is C18H19N5O3. The number of nitrogens with zero attached hydrogens (tertiary/aromatic N) is 4. The molecule has 3 aromatic rings. The summed E-state index contributed by atoms with van der Waals surface area (Å²) < 4.78 is 13.0. The third-order valence-electron chi connectivity index (χ3n) is 4.58. The van der Waals surface area contributed by atoms with E-state index in [9.17, 15) is 4.79 Å². The molecule has 1 N–H and O–H groups in total. The SMILES string of the molecule is CO[C@@]1(c2ccnc(-n3cc4cnc(NC(C)=O)cc4n3)c2)CCOC1. The lowest BCUT2D eigenvalue weighted by Gasteiger charge is -2.26. The van der Waals surface area contributed by atoms with Gasteiger partial charge in [0.2, 0.25) is 5.91 Å². The topological polar surface area (TPSA) is 91.2 Å². The van der Waals surface area contributed by atoms with Crippen LogP contribution in [0.15, 0.2) is 36.8 Å². The van der Waals surface area contributed by atoms with Gasteiger partial charge in [-0.15, -0.1) is 0 Å². The predicted molar refractivity (Wildman–Crippen MR) is 95.1 cm³/mol. The van der Waals surface area contributed by atoms with E-state index in [0.29, 0.717) is 24.8 Å². The smallest absolute Gasteiger partial charge is 0.222 e. The Bertz CT molecular complexity index is 962. The first kappa shape index (κ1) is 16.6. The average Bonchev–Trinajstić information content (AvgIpc) is 3.28. The van der Waals surface area contributed by atoms with Crippen LogP contribution in [0.1, 0.15) is 18.9 Å². The zero-order valence-electron chi connectivity index (χ0n) is 14.6. The molecule has 134 valence electrons. The van der Waals surface area contributed by atoms with Crippen LogP contribution in [0.25, 0.3) is 16.7 Å². The number of hydrogen-bond acceptors (Lipinski definition) is 6. The molecule has 26 heavy (non-hydrogen) atoms. The lowest BCUT2D eigenvalue weighted by Crippen LogP contribution is -2.29. The van der Waals surface area contributed by atoms with Gasteiger partial charge in [0, 0.05) is 57.1 Å². The van der Waals surface area contributed by atoms with Crippen molar-refractivity contribution in [1.82, 2.24) is 19.7 Å². The summed E-state index contributed by atoms with van der Waals surface area (Å²) in [5, 5.41) is 8.08. The Morgan fingerprint density at radius 3 is 3.00 bits per heavy atom. The van der Waals surface area contributed by atoms with Gasteiger partial charge in [-0.2, -0.15) is 5.10 Å². The third-order valence-corrected chi connectivity index (χ3v) is 4.58. The molecule has 0 spiro atoms. The molecule has 0 saturated carbocycles. The van der Waals surface area contributed by atoms with Crippen molar-refractivity contribution < 1.29 is 14.3 Å². The van der Waals surface area contributed by atoms with Crippen molar-refractivity contribution in [2.24, 2.45) is 0 Å². The molecule has 8 heteroatoms. The minimum absolute atomic E-state index is 0.172. The number of pyridine rings is 2. The molecule has 0 aliphatic carbocycles. The molecule has 0 bridgehead atoms. The first-order valence-electron chi connectivity index (χ1n) is 8.32. The Balaban J connectivity index is 1.71. The number of rotatable bonds is 4. The van der Waals surface area contributed by atoms with Gasteiger partial charge in [-0.25, -0.2) is 14.6 Å². The standard InChI is InChI=1S/C18H19N5O3/c1-12(24)21-16-8-15-13(9-20-16)10-23(22-15)17-7-14(3-5-19-17)18(25-2)4-6-26-11-18/h3,5,7-10H,4,6,11H2,1-2H3,(H,21,24)/t18-/m0/s1. The van der Waals surface area contributed by atoms with Gasteiger partial charge in [0.05, 0.1) is 12.1 Å². The van der Waals surface area contributed by atoms with Crippen molar-refractivity contribution >= 4 is 22.6 Å². The van der Waals surface area contributed by atoms with Crippen LogP contribution in [0, 0.1) is 0 Å². The molecule has 1 saturated heterocycles. The maximum atomic E-state index is 11.2. The quantitative estimate of drug-likeness (QED) is 0.772. The summed E-state index contributed by atoms with van der Waals surface area (Å²) in [6.07, 6.45) is 6.08. The highest BCUT2D eigenvalue weighted by Crippen LogP contribution is 2.34. The minimum Gasteiger partial charge on any atom is -0.378 e. The monoisotopic (exact) mass is 353 g/mol. The fourth-order valence-corrected chi connectivity index (χ4v) is 3.16. The van der Waals surface area contributed by atoms with Crippen molar-refractivity contribution in [3.05, 3.63) is 42.4 Å². The average molecular weight is 353 g/mol. The highest BCUT2D eigenvalue weighted by atomic mass is 16.5. The molecule has 4 rings (SSSR count). The zero-order chi connectivity index (χ0) is 18.1. The van der Waals surface area contributed by atoms with E-state index in [1.165, 1.54) is 6.92 Å². The van der Waals surface area contributed by atoms with Crippen molar-refractivity contribution in [2.75, 3.05) is 25.6 Å². The summed E-state index contributed by atoms with van der Waals surface area (Å²) in [4.78, 5) is 19.8. The maximum absolute atomic E-state index is 11.2. The summed E-state index contributed by atoms with van der Waals surface area (Å²) in [5.41, 5.74) is 1.30. The van der Waals surface area contributed by atoms with Crippen LogP contribution in [0.5, 0.6) is 0 Å². The Kier molecular flexibility index (Phi) is 4.14. The lowest BCUT2D eigenvalue weighted by molar-refractivity contribution is -0.114. The molecule has 0 unspecified atom stereocenters. The van der Waals surface area contributed by atoms with E-state index >= 15 is 0 Å². The number of amides is 1. The third kappa shape index (κ3) is 2.93. The summed E-state index contributed by atoms with van der Waals surface area (Å²) in [5.74, 6) is 0.982. The number of fused-ring (bicyclic) bond motifs is 1. The lowest BCUT2D eigenvalue weighted by atomic mass is 9.93. The maximum Gasteiger partial charge on any atom is 0.222 e. The van der Waals surface area contributed by atoms with E-state index in [1.54, 1.807) is 30.3 Å². The number of carbonyl (C=O) groups excluding carboxylic acids is 1. The fourth-order valence-electron chi connectivity index (χ4n) is 3.16. The van der Waals surface area contributed by atoms with Gasteiger partial charge in [-0.1, -0.05) is 0 Å². The minimum atomic E-state index is -0.440. The molecule has 1 atom stereocenters. The van der Waals surface area contributed by atoms with E-state index < -0.39 is 5.60 Å².